The molecule has 230 valence electrons. The van der Waals surface area contributed by atoms with E-state index in [2.05, 4.69) is 40.7 Å². The van der Waals surface area contributed by atoms with Crippen LogP contribution in [0.15, 0.2) is 118 Å². The monoisotopic (exact) mass is 596 g/mol. The van der Waals surface area contributed by atoms with Gasteiger partial charge in [-0.1, -0.05) is 6.07 Å². The van der Waals surface area contributed by atoms with Gasteiger partial charge in [0.2, 0.25) is 0 Å². The average molecular weight is 597 g/mol. The highest BCUT2D eigenvalue weighted by Crippen LogP contribution is 2.22. The van der Waals surface area contributed by atoms with E-state index in [1.165, 1.54) is 0 Å². The van der Waals surface area contributed by atoms with Crippen LogP contribution in [0.5, 0.6) is 0 Å². The van der Waals surface area contributed by atoms with Gasteiger partial charge >= 0.3 is 5.82 Å². The number of benzene rings is 2. The molecule has 44 heavy (non-hydrogen) atoms. The van der Waals surface area contributed by atoms with Gasteiger partial charge in [0.15, 0.2) is 12.4 Å². The van der Waals surface area contributed by atoms with Gasteiger partial charge < -0.3 is 20.0 Å². The molecule has 2 heterocycles. The van der Waals surface area contributed by atoms with Crippen LogP contribution in [-0.2, 0) is 13.1 Å². The first-order valence-electron chi connectivity index (χ1n) is 15.2. The van der Waals surface area contributed by atoms with Crippen molar-refractivity contribution in [3.8, 4) is 0 Å². The molecule has 10 heteroatoms. The van der Waals surface area contributed by atoms with Gasteiger partial charge in [-0.2, -0.15) is 5.11 Å². The van der Waals surface area contributed by atoms with Gasteiger partial charge in [-0.05, 0) is 85.0 Å². The molecule has 0 atom stereocenters. The summed E-state index contributed by atoms with van der Waals surface area (Å²) in [6, 6.07) is 25.6. The largest absolute Gasteiger partial charge is 0.395 e. The Balaban J connectivity index is 1.21. The van der Waals surface area contributed by atoms with Gasteiger partial charge in [0.05, 0.1) is 36.8 Å². The molecule has 0 amide bonds. The smallest absolute Gasteiger partial charge is 0.350 e. The molecule has 0 aliphatic rings. The van der Waals surface area contributed by atoms with E-state index in [-0.39, 0.29) is 13.2 Å². The number of hydrogen-bond donors (Lipinski definition) is 2. The molecule has 0 radical (unpaired) electrons. The van der Waals surface area contributed by atoms with Gasteiger partial charge in [-0.25, -0.2) is 9.13 Å². The number of anilines is 2. The summed E-state index contributed by atoms with van der Waals surface area (Å²) in [6.07, 6.45) is 10.6. The third-order valence-corrected chi connectivity index (χ3v) is 7.19. The van der Waals surface area contributed by atoms with Crippen LogP contribution < -0.4 is 18.9 Å². The lowest BCUT2D eigenvalue weighted by molar-refractivity contribution is -0.697. The standard InChI is InChI=1S/C34H44N8O2/c1-39(2)32-16-12-29(13-17-32)35-37-31-10-9-21-40(28-31)20-6-3-4-7-22-42-23-8-5-11-34(42)38-36-30-14-18-33(19-15-30)41(24-26-43)25-27-44/h5,8-19,21,23,28,43-44H,3-4,6-7,20,22,24-27H2,1-2H3/q+2/b37-35+. The van der Waals surface area contributed by atoms with Crippen LogP contribution in [0.2, 0.25) is 0 Å². The molecule has 0 bridgehead atoms. The zero-order valence-electron chi connectivity index (χ0n) is 25.8. The van der Waals surface area contributed by atoms with Crippen molar-refractivity contribution in [1.29, 1.82) is 0 Å². The summed E-state index contributed by atoms with van der Waals surface area (Å²) in [5.74, 6) is 0.814. The predicted octanol–water partition coefficient (Wildman–Crippen LogP) is 6.21. The highest BCUT2D eigenvalue weighted by atomic mass is 16.3. The minimum atomic E-state index is 0.0316. The fourth-order valence-corrected chi connectivity index (χ4v) is 4.77. The molecule has 0 aliphatic heterocycles. The summed E-state index contributed by atoms with van der Waals surface area (Å²) < 4.78 is 4.32. The van der Waals surface area contributed by atoms with Crippen molar-refractivity contribution in [3.05, 3.63) is 97.5 Å². The van der Waals surface area contributed by atoms with E-state index < -0.39 is 0 Å². The van der Waals surface area contributed by atoms with Gasteiger partial charge in [0.1, 0.15) is 17.9 Å². The number of azo groups is 2. The van der Waals surface area contributed by atoms with E-state index in [9.17, 15) is 10.2 Å². The Morgan fingerprint density at radius 2 is 1.20 bits per heavy atom. The first-order valence-corrected chi connectivity index (χ1v) is 15.2. The van der Waals surface area contributed by atoms with Gasteiger partial charge in [0.25, 0.3) is 0 Å². The molecule has 0 saturated carbocycles. The zero-order chi connectivity index (χ0) is 31.0. The van der Waals surface area contributed by atoms with Crippen molar-refractivity contribution in [2.75, 3.05) is 50.2 Å². The number of aryl methyl sites for hydroxylation is 2. The Morgan fingerprint density at radius 1 is 0.591 bits per heavy atom. The fraction of sp³-hybridized carbons (Fsp3) is 0.353. The molecule has 0 spiro atoms. The third-order valence-electron chi connectivity index (χ3n) is 7.19. The maximum absolute atomic E-state index is 9.27. The topological polar surface area (TPSA) is 104 Å². The van der Waals surface area contributed by atoms with Crippen molar-refractivity contribution in [2.45, 2.75) is 38.8 Å². The number of aliphatic hydroxyl groups excluding tert-OH is 2. The van der Waals surface area contributed by atoms with Crippen LogP contribution in [0.25, 0.3) is 0 Å². The quantitative estimate of drug-likeness (QED) is 0.0859. The first-order chi connectivity index (χ1) is 21.6. The molecule has 0 unspecified atom stereocenters. The van der Waals surface area contributed by atoms with Crippen LogP contribution >= 0.6 is 0 Å². The van der Waals surface area contributed by atoms with Crippen molar-refractivity contribution in [3.63, 3.8) is 0 Å². The van der Waals surface area contributed by atoms with Crippen LogP contribution in [0, 0.1) is 0 Å². The number of hydrogen-bond acceptors (Lipinski definition) is 8. The number of pyridine rings is 2. The Morgan fingerprint density at radius 3 is 1.86 bits per heavy atom. The molecule has 4 rings (SSSR count). The lowest BCUT2D eigenvalue weighted by Gasteiger charge is -2.22. The molecule has 0 aliphatic carbocycles. The highest BCUT2D eigenvalue weighted by molar-refractivity contribution is 5.53. The van der Waals surface area contributed by atoms with E-state index in [4.69, 9.17) is 0 Å². The number of rotatable bonds is 17. The number of unbranched alkanes of at least 4 members (excludes halogenated alkanes) is 3. The number of aliphatic hydroxyl groups is 2. The molecule has 2 aromatic carbocycles. The second-order valence-corrected chi connectivity index (χ2v) is 10.7. The lowest BCUT2D eigenvalue weighted by Crippen LogP contribution is -2.33. The maximum atomic E-state index is 9.27. The maximum Gasteiger partial charge on any atom is 0.350 e. The summed E-state index contributed by atoms with van der Waals surface area (Å²) in [4.78, 5) is 3.99. The Labute approximate surface area is 260 Å². The van der Waals surface area contributed by atoms with Gasteiger partial charge in [-0.3, -0.25) is 0 Å². The summed E-state index contributed by atoms with van der Waals surface area (Å²) in [5, 5.41) is 36.3. The SMILES string of the molecule is CN(C)c1ccc(/N=N/c2ccc[n+](CCCCCC[n+]3ccccc3/N=N/c3ccc(N(CCO)CCO)cc3)c2)cc1. The van der Waals surface area contributed by atoms with E-state index in [1.54, 1.807) is 0 Å². The van der Waals surface area contributed by atoms with Crippen molar-refractivity contribution in [2.24, 2.45) is 20.5 Å². The number of aromatic nitrogens is 2. The van der Waals surface area contributed by atoms with Gasteiger partial charge in [-0.15, -0.1) is 5.11 Å². The highest BCUT2D eigenvalue weighted by Gasteiger charge is 2.10. The molecular weight excluding hydrogens is 552 g/mol. The second kappa shape index (κ2) is 17.5. The molecule has 10 nitrogen and oxygen atoms in total. The van der Waals surface area contributed by atoms with Crippen molar-refractivity contribution >= 4 is 34.3 Å². The van der Waals surface area contributed by atoms with Gasteiger partial charge in [0, 0.05) is 57.1 Å². The third kappa shape index (κ3) is 10.3. The Bertz CT molecular complexity index is 1470. The Hall–Kier alpha value is -4.54. The summed E-state index contributed by atoms with van der Waals surface area (Å²) >= 11 is 0. The zero-order valence-corrected chi connectivity index (χ0v) is 25.8. The fourth-order valence-electron chi connectivity index (χ4n) is 4.77. The van der Waals surface area contributed by atoms with Crippen LogP contribution in [-0.4, -0.2) is 50.6 Å². The lowest BCUT2D eigenvalue weighted by atomic mass is 10.2. The molecule has 4 aromatic rings. The molecule has 0 saturated heterocycles. The molecule has 2 aromatic heterocycles. The van der Waals surface area contributed by atoms with Crippen molar-refractivity contribution in [1.82, 2.24) is 0 Å². The molecular formula is C34H44N8O2+2. The van der Waals surface area contributed by atoms with Crippen LogP contribution in [0.4, 0.5) is 34.3 Å². The molecule has 0 fully saturated rings. The van der Waals surface area contributed by atoms with Crippen molar-refractivity contribution < 1.29 is 19.3 Å². The average Bonchev–Trinajstić information content (AvgIpc) is 3.05. The normalized spacial score (nSPS) is 11.5. The minimum absolute atomic E-state index is 0.0316. The number of nitrogens with zero attached hydrogens (tertiary/aromatic N) is 8. The summed E-state index contributed by atoms with van der Waals surface area (Å²) in [5.41, 5.74) is 4.49. The van der Waals surface area contributed by atoms with E-state index in [0.29, 0.717) is 13.1 Å². The minimum Gasteiger partial charge on any atom is -0.395 e. The van der Waals surface area contributed by atoms with Crippen LogP contribution in [0.3, 0.4) is 0 Å². The van der Waals surface area contributed by atoms with E-state index >= 15 is 0 Å². The first kappa shape index (κ1) is 32.4. The Kier molecular flexibility index (Phi) is 12.9. The second-order valence-electron chi connectivity index (χ2n) is 10.7. The van der Waals surface area contributed by atoms with Crippen LogP contribution in [0.1, 0.15) is 25.7 Å². The predicted molar refractivity (Wildman–Crippen MR) is 174 cm³/mol. The molecule has 2 N–H and O–H groups in total. The summed E-state index contributed by atoms with van der Waals surface area (Å²) in [6.45, 7) is 2.82. The van der Waals surface area contributed by atoms with E-state index in [0.717, 1.165) is 73.0 Å². The summed E-state index contributed by atoms with van der Waals surface area (Å²) in [7, 11) is 4.04. The van der Waals surface area contributed by atoms with E-state index in [1.807, 2.05) is 110 Å².